The number of rotatable bonds is 2. The van der Waals surface area contributed by atoms with Crippen molar-refractivity contribution < 1.29 is 4.57 Å². The molecule has 0 unspecified atom stereocenters. The maximum absolute atomic E-state index is 2.28. The van der Waals surface area contributed by atoms with Crippen molar-refractivity contribution in [1.29, 1.82) is 0 Å². The molecule has 0 spiro atoms. The number of benzene rings is 2. The quantitative estimate of drug-likeness (QED) is 0.487. The van der Waals surface area contributed by atoms with Crippen LogP contribution in [0.3, 0.4) is 0 Å². The first kappa shape index (κ1) is 11.2. The zero-order valence-corrected chi connectivity index (χ0v) is 11.1. The van der Waals surface area contributed by atoms with Gasteiger partial charge < -0.3 is 0 Å². The first-order chi connectivity index (χ1) is 9.92. The summed E-state index contributed by atoms with van der Waals surface area (Å²) in [6.07, 6.45) is 6.31. The number of nitrogens with zero attached hydrogens (tertiary/aromatic N) is 2. The third-order valence-electron chi connectivity index (χ3n) is 3.79. The first-order valence-electron chi connectivity index (χ1n) is 6.83. The Labute approximate surface area is 117 Å². The van der Waals surface area contributed by atoms with Gasteiger partial charge in [0.2, 0.25) is 0 Å². The van der Waals surface area contributed by atoms with E-state index in [1.54, 1.807) is 0 Å². The van der Waals surface area contributed by atoms with E-state index in [-0.39, 0.29) is 0 Å². The van der Waals surface area contributed by atoms with Crippen LogP contribution in [0.5, 0.6) is 0 Å². The van der Waals surface area contributed by atoms with Crippen LogP contribution in [0, 0.1) is 0 Å². The van der Waals surface area contributed by atoms with Crippen molar-refractivity contribution in [2.24, 2.45) is 0 Å². The predicted octanol–water partition coefficient (Wildman–Crippen LogP) is 3.43. The van der Waals surface area contributed by atoms with Crippen LogP contribution in [-0.4, -0.2) is 4.40 Å². The van der Waals surface area contributed by atoms with Gasteiger partial charge in [-0.2, -0.15) is 0 Å². The Morgan fingerprint density at radius 1 is 0.800 bits per heavy atom. The molecule has 0 fully saturated rings. The molecule has 4 rings (SSSR count). The van der Waals surface area contributed by atoms with Gasteiger partial charge in [0.05, 0.1) is 6.20 Å². The third-order valence-corrected chi connectivity index (χ3v) is 3.79. The number of hydrogen-bond acceptors (Lipinski definition) is 0. The molecule has 0 amide bonds. The molecule has 0 atom stereocenters. The Balaban J connectivity index is 1.85. The largest absolute Gasteiger partial charge is 0.286 e. The molecule has 2 heterocycles. The van der Waals surface area contributed by atoms with E-state index in [4.69, 9.17) is 0 Å². The van der Waals surface area contributed by atoms with Crippen LogP contribution in [0.15, 0.2) is 79.3 Å². The van der Waals surface area contributed by atoms with Crippen molar-refractivity contribution in [1.82, 2.24) is 4.40 Å². The molecule has 2 aromatic carbocycles. The van der Waals surface area contributed by atoms with E-state index in [0.29, 0.717) is 0 Å². The van der Waals surface area contributed by atoms with Gasteiger partial charge in [-0.25, -0.2) is 8.97 Å². The summed E-state index contributed by atoms with van der Waals surface area (Å²) in [5, 5.41) is 2.63. The average molecular weight is 259 g/mol. The minimum atomic E-state index is 0.891. The summed E-state index contributed by atoms with van der Waals surface area (Å²) in [6.45, 7) is 0.891. The summed E-state index contributed by atoms with van der Waals surface area (Å²) < 4.78 is 4.42. The van der Waals surface area contributed by atoms with Gasteiger partial charge >= 0.3 is 0 Å². The third kappa shape index (κ3) is 1.77. The Kier molecular flexibility index (Phi) is 2.52. The van der Waals surface area contributed by atoms with E-state index in [2.05, 4.69) is 88.2 Å². The van der Waals surface area contributed by atoms with Crippen molar-refractivity contribution in [3.8, 4) is 0 Å². The number of aromatic nitrogens is 2. The molecule has 0 saturated carbocycles. The van der Waals surface area contributed by atoms with Gasteiger partial charge in [-0.1, -0.05) is 48.5 Å². The maximum Gasteiger partial charge on any atom is 0.286 e. The second-order valence-electron chi connectivity index (χ2n) is 5.03. The summed E-state index contributed by atoms with van der Waals surface area (Å²) in [6, 6.07) is 21.3. The molecule has 2 heteroatoms. The van der Waals surface area contributed by atoms with Gasteiger partial charge in [0.25, 0.3) is 5.65 Å². The fourth-order valence-electron chi connectivity index (χ4n) is 2.79. The highest BCUT2D eigenvalue weighted by molar-refractivity contribution is 5.85. The van der Waals surface area contributed by atoms with Crippen LogP contribution in [0.2, 0.25) is 0 Å². The number of imidazole rings is 1. The fraction of sp³-hybridized carbons (Fsp3) is 0.0556. The Hall–Kier alpha value is -2.61. The molecule has 2 nitrogen and oxygen atoms in total. The molecule has 4 aromatic rings. The van der Waals surface area contributed by atoms with Gasteiger partial charge in [0.1, 0.15) is 18.9 Å². The number of hydrogen-bond donors (Lipinski definition) is 0. The lowest BCUT2D eigenvalue weighted by Crippen LogP contribution is -2.32. The van der Waals surface area contributed by atoms with Crippen molar-refractivity contribution in [3.63, 3.8) is 0 Å². The summed E-state index contributed by atoms with van der Waals surface area (Å²) in [4.78, 5) is 0. The zero-order chi connectivity index (χ0) is 13.4. The van der Waals surface area contributed by atoms with Crippen LogP contribution in [0.25, 0.3) is 16.4 Å². The second kappa shape index (κ2) is 4.49. The van der Waals surface area contributed by atoms with Crippen LogP contribution >= 0.6 is 0 Å². The topological polar surface area (TPSA) is 8.29 Å². The predicted molar refractivity (Wildman–Crippen MR) is 80.6 cm³/mol. The molecule has 2 aromatic heterocycles. The lowest BCUT2D eigenvalue weighted by Gasteiger charge is -2.04. The molecule has 20 heavy (non-hydrogen) atoms. The van der Waals surface area contributed by atoms with Crippen LogP contribution in [0.1, 0.15) is 5.56 Å². The highest BCUT2D eigenvalue weighted by atomic mass is 15.1. The van der Waals surface area contributed by atoms with Crippen molar-refractivity contribution in [2.75, 3.05) is 0 Å². The summed E-state index contributed by atoms with van der Waals surface area (Å²) >= 11 is 0. The molecule has 0 aliphatic carbocycles. The SMILES string of the molecule is c1ccc2c(C[n+]3ccn4ccccc43)cccc2c1. The van der Waals surface area contributed by atoms with Crippen molar-refractivity contribution in [3.05, 3.63) is 84.8 Å². The van der Waals surface area contributed by atoms with Crippen molar-refractivity contribution in [2.45, 2.75) is 6.54 Å². The van der Waals surface area contributed by atoms with Gasteiger partial charge in [0, 0.05) is 11.6 Å². The van der Waals surface area contributed by atoms with Gasteiger partial charge in [-0.05, 0) is 16.8 Å². The van der Waals surface area contributed by atoms with Gasteiger partial charge in [0.15, 0.2) is 0 Å². The summed E-state index contributed by atoms with van der Waals surface area (Å²) in [5.74, 6) is 0. The van der Waals surface area contributed by atoms with E-state index in [0.717, 1.165) is 6.54 Å². The van der Waals surface area contributed by atoms with Gasteiger partial charge in [-0.15, -0.1) is 0 Å². The maximum atomic E-state index is 2.28. The normalized spacial score (nSPS) is 11.2. The average Bonchev–Trinajstić information content (AvgIpc) is 2.91. The van der Waals surface area contributed by atoms with E-state index in [1.807, 2.05) is 0 Å². The lowest BCUT2D eigenvalue weighted by atomic mass is 10.0. The Morgan fingerprint density at radius 2 is 1.65 bits per heavy atom. The standard InChI is InChI=1S/C18H15N2/c1-2-9-17-15(6-1)7-5-8-16(17)14-20-13-12-19-11-4-3-10-18(19)20/h1-13H,14H2/q+1. The first-order valence-corrected chi connectivity index (χ1v) is 6.83. The molecule has 0 N–H and O–H groups in total. The minimum absolute atomic E-state index is 0.891. The molecular weight excluding hydrogens is 244 g/mol. The van der Waals surface area contributed by atoms with E-state index in [9.17, 15) is 0 Å². The molecule has 96 valence electrons. The van der Waals surface area contributed by atoms with E-state index in [1.165, 1.54) is 22.0 Å². The summed E-state index contributed by atoms with van der Waals surface area (Å²) in [7, 11) is 0. The van der Waals surface area contributed by atoms with E-state index < -0.39 is 0 Å². The molecule has 0 aliphatic rings. The smallest absolute Gasteiger partial charge is 0.226 e. The highest BCUT2D eigenvalue weighted by Crippen LogP contribution is 2.18. The Morgan fingerprint density at radius 3 is 2.65 bits per heavy atom. The minimum Gasteiger partial charge on any atom is -0.226 e. The zero-order valence-electron chi connectivity index (χ0n) is 11.1. The van der Waals surface area contributed by atoms with Crippen LogP contribution in [0.4, 0.5) is 0 Å². The Bertz CT molecular complexity index is 885. The molecule has 0 saturated heterocycles. The summed E-state index contributed by atoms with van der Waals surface area (Å²) in [5.41, 5.74) is 2.56. The molecular formula is C18H15N2+. The van der Waals surface area contributed by atoms with Gasteiger partial charge in [-0.3, -0.25) is 0 Å². The van der Waals surface area contributed by atoms with E-state index >= 15 is 0 Å². The van der Waals surface area contributed by atoms with Crippen molar-refractivity contribution >= 4 is 16.4 Å². The second-order valence-corrected chi connectivity index (χ2v) is 5.03. The fourth-order valence-corrected chi connectivity index (χ4v) is 2.79. The lowest BCUT2D eigenvalue weighted by molar-refractivity contribution is -0.661. The van der Waals surface area contributed by atoms with Crippen LogP contribution < -0.4 is 4.57 Å². The monoisotopic (exact) mass is 259 g/mol. The highest BCUT2D eigenvalue weighted by Gasteiger charge is 2.10. The molecule has 0 radical (unpaired) electrons. The molecule has 0 aliphatic heterocycles. The number of pyridine rings is 1. The van der Waals surface area contributed by atoms with Crippen LogP contribution in [-0.2, 0) is 6.54 Å². The molecule has 0 bridgehead atoms. The number of fused-ring (bicyclic) bond motifs is 2.